The molecule has 2 fully saturated rings. The Morgan fingerprint density at radius 1 is 1.29 bits per heavy atom. The van der Waals surface area contributed by atoms with Gasteiger partial charge in [-0.05, 0) is 54.3 Å². The van der Waals surface area contributed by atoms with Gasteiger partial charge in [-0.25, -0.2) is 9.69 Å². The van der Waals surface area contributed by atoms with E-state index in [1.54, 1.807) is 34.6 Å². The molecule has 0 aromatic heterocycles. The number of carbonyl (C=O) groups excluding carboxylic acids is 2. The summed E-state index contributed by atoms with van der Waals surface area (Å²) in [6, 6.07) is -1.16. The summed E-state index contributed by atoms with van der Waals surface area (Å²) in [6.07, 6.45) is -5.74. The van der Waals surface area contributed by atoms with E-state index in [0.29, 0.717) is 0 Å². The van der Waals surface area contributed by atoms with Crippen LogP contribution >= 0.6 is 0 Å². The number of ether oxygens (including phenoxy) is 3. The maximum atomic E-state index is 12.7. The van der Waals surface area contributed by atoms with Crippen molar-refractivity contribution in [2.75, 3.05) is 6.61 Å². The van der Waals surface area contributed by atoms with Gasteiger partial charge in [-0.3, -0.25) is 4.79 Å². The Kier molecular flexibility index (Phi) is 6.35. The Balaban J connectivity index is 2.41. The molecule has 0 aromatic rings. The van der Waals surface area contributed by atoms with Gasteiger partial charge in [0.1, 0.15) is 17.8 Å². The van der Waals surface area contributed by atoms with Gasteiger partial charge in [0, 0.05) is 0 Å². The van der Waals surface area contributed by atoms with Crippen LogP contribution in [0.3, 0.4) is 0 Å². The Bertz CT molecular complexity index is 612. The second-order valence-electron chi connectivity index (χ2n) is 9.68. The minimum Gasteiger partial charge on any atom is -0.443 e. The van der Waals surface area contributed by atoms with E-state index in [1.165, 1.54) is 0 Å². The van der Waals surface area contributed by atoms with E-state index < -0.39 is 62.2 Å². The quantitative estimate of drug-likeness (QED) is 0.654. The molecule has 162 valence electrons. The Labute approximate surface area is 167 Å². The standard InChI is InChI=1S/C18H33NO8Si/c1-17(2,3)26-16(23)19-11(12(20)13(21)15(19)22)14(27-28(6,7)8)10-9-24-18(4,5)25-10/h10-14,20-21H,9H2,1-8H3/t10-,11-,12+,13+,14-/m1/s1. The zero-order chi connectivity index (χ0) is 21.7. The lowest BCUT2D eigenvalue weighted by molar-refractivity contribution is -0.157. The predicted molar refractivity (Wildman–Crippen MR) is 102 cm³/mol. The molecule has 2 amide bonds. The van der Waals surface area contributed by atoms with Crippen LogP contribution in [0.4, 0.5) is 4.79 Å². The monoisotopic (exact) mass is 419 g/mol. The van der Waals surface area contributed by atoms with Crippen LogP contribution in [-0.2, 0) is 23.4 Å². The summed E-state index contributed by atoms with van der Waals surface area (Å²) in [4.78, 5) is 26.1. The van der Waals surface area contributed by atoms with Crippen molar-refractivity contribution in [1.29, 1.82) is 0 Å². The fraction of sp³-hybridized carbons (Fsp3) is 0.889. The predicted octanol–water partition coefficient (Wildman–Crippen LogP) is 1.23. The van der Waals surface area contributed by atoms with E-state index in [9.17, 15) is 19.8 Å². The number of rotatable bonds is 4. The summed E-state index contributed by atoms with van der Waals surface area (Å²) in [5.41, 5.74) is -0.857. The molecule has 0 spiro atoms. The van der Waals surface area contributed by atoms with Crippen molar-refractivity contribution in [3.8, 4) is 0 Å². The molecule has 0 radical (unpaired) electrons. The van der Waals surface area contributed by atoms with Gasteiger partial charge in [0.25, 0.3) is 5.91 Å². The maximum Gasteiger partial charge on any atom is 0.417 e. The molecule has 2 aliphatic rings. The fourth-order valence-corrected chi connectivity index (χ4v) is 4.40. The maximum absolute atomic E-state index is 12.7. The third-order valence-corrected chi connectivity index (χ3v) is 5.25. The highest BCUT2D eigenvalue weighted by atomic mass is 28.4. The number of likely N-dealkylation sites (tertiary alicyclic amines) is 1. The first-order valence-corrected chi connectivity index (χ1v) is 12.8. The molecule has 2 heterocycles. The molecular formula is C18H33NO8Si. The van der Waals surface area contributed by atoms with E-state index in [4.69, 9.17) is 18.6 Å². The molecule has 0 saturated carbocycles. The molecule has 10 heteroatoms. The van der Waals surface area contributed by atoms with E-state index in [-0.39, 0.29) is 6.61 Å². The van der Waals surface area contributed by atoms with Crippen molar-refractivity contribution >= 4 is 20.3 Å². The van der Waals surface area contributed by atoms with Crippen LogP contribution in [0.25, 0.3) is 0 Å². The molecule has 0 aromatic carbocycles. The number of imide groups is 1. The summed E-state index contributed by atoms with van der Waals surface area (Å²) in [7, 11) is -2.20. The first-order chi connectivity index (χ1) is 12.5. The molecule has 5 atom stereocenters. The second kappa shape index (κ2) is 7.65. The van der Waals surface area contributed by atoms with Gasteiger partial charge < -0.3 is 28.8 Å². The van der Waals surface area contributed by atoms with Crippen LogP contribution < -0.4 is 0 Å². The van der Waals surface area contributed by atoms with Crippen molar-refractivity contribution in [2.45, 2.75) is 96.1 Å². The molecule has 2 N–H and O–H groups in total. The number of aliphatic hydroxyl groups is 2. The summed E-state index contributed by atoms with van der Waals surface area (Å²) in [5, 5.41) is 20.8. The minimum absolute atomic E-state index is 0.164. The van der Waals surface area contributed by atoms with Crippen molar-refractivity contribution in [1.82, 2.24) is 4.90 Å². The largest absolute Gasteiger partial charge is 0.443 e. The molecule has 2 rings (SSSR count). The lowest BCUT2D eigenvalue weighted by atomic mass is 10.0. The van der Waals surface area contributed by atoms with Crippen LogP contribution in [0, 0.1) is 0 Å². The highest BCUT2D eigenvalue weighted by molar-refractivity contribution is 6.69. The van der Waals surface area contributed by atoms with E-state index in [1.807, 2.05) is 19.6 Å². The van der Waals surface area contributed by atoms with Crippen molar-refractivity contribution in [3.05, 3.63) is 0 Å². The zero-order valence-corrected chi connectivity index (χ0v) is 18.9. The Morgan fingerprint density at radius 3 is 2.29 bits per heavy atom. The summed E-state index contributed by atoms with van der Waals surface area (Å²) in [6.45, 7) is 14.5. The number of amides is 2. The fourth-order valence-electron chi connectivity index (χ4n) is 3.29. The molecular weight excluding hydrogens is 386 g/mol. The van der Waals surface area contributed by atoms with E-state index in [0.717, 1.165) is 4.90 Å². The average molecular weight is 420 g/mol. The lowest BCUT2D eigenvalue weighted by Crippen LogP contribution is -2.57. The van der Waals surface area contributed by atoms with Gasteiger partial charge in [-0.1, -0.05) is 0 Å². The summed E-state index contributed by atoms with van der Waals surface area (Å²) in [5.74, 6) is -1.79. The molecule has 0 aliphatic carbocycles. The van der Waals surface area contributed by atoms with Crippen LogP contribution in [0.5, 0.6) is 0 Å². The highest BCUT2D eigenvalue weighted by Gasteiger charge is 2.57. The van der Waals surface area contributed by atoms with Crippen molar-refractivity contribution in [3.63, 3.8) is 0 Å². The minimum atomic E-state index is -2.20. The van der Waals surface area contributed by atoms with Gasteiger partial charge in [-0.2, -0.15) is 0 Å². The van der Waals surface area contributed by atoms with Gasteiger partial charge in [0.05, 0.1) is 18.8 Å². The molecule has 0 unspecified atom stereocenters. The van der Waals surface area contributed by atoms with Crippen LogP contribution in [0.15, 0.2) is 0 Å². The SMILES string of the molecule is CC(C)(C)OC(=O)N1C(=O)[C@@H](O)[C@@H](O)[C@@H]1[C@H](O[Si](C)(C)C)[C@H]1COC(C)(C)O1. The number of aliphatic hydroxyl groups excluding tert-OH is 2. The third kappa shape index (κ3) is 5.31. The number of hydrogen-bond acceptors (Lipinski definition) is 8. The van der Waals surface area contributed by atoms with Crippen LogP contribution in [-0.4, -0.2) is 83.9 Å². The second-order valence-corrected chi connectivity index (χ2v) is 14.1. The van der Waals surface area contributed by atoms with Gasteiger partial charge in [0.15, 0.2) is 20.2 Å². The van der Waals surface area contributed by atoms with Crippen LogP contribution in [0.2, 0.25) is 19.6 Å². The first-order valence-electron chi connectivity index (χ1n) is 9.44. The molecule has 0 bridgehead atoms. The van der Waals surface area contributed by atoms with Crippen LogP contribution in [0.1, 0.15) is 34.6 Å². The number of nitrogens with zero attached hydrogens (tertiary/aromatic N) is 1. The lowest BCUT2D eigenvalue weighted by Gasteiger charge is -2.38. The number of hydrogen-bond donors (Lipinski definition) is 2. The Hall–Kier alpha value is -1.04. The smallest absolute Gasteiger partial charge is 0.417 e. The molecule has 2 aliphatic heterocycles. The van der Waals surface area contributed by atoms with Gasteiger partial charge >= 0.3 is 6.09 Å². The van der Waals surface area contributed by atoms with Gasteiger partial charge in [0.2, 0.25) is 0 Å². The molecule has 9 nitrogen and oxygen atoms in total. The average Bonchev–Trinajstić information content (AvgIpc) is 2.95. The normalized spacial score (nSPS) is 31.9. The van der Waals surface area contributed by atoms with Crippen molar-refractivity contribution in [2.24, 2.45) is 0 Å². The van der Waals surface area contributed by atoms with E-state index in [2.05, 4.69) is 0 Å². The first kappa shape index (κ1) is 23.2. The van der Waals surface area contributed by atoms with E-state index >= 15 is 0 Å². The zero-order valence-electron chi connectivity index (χ0n) is 17.9. The molecule has 28 heavy (non-hydrogen) atoms. The molecule has 2 saturated heterocycles. The van der Waals surface area contributed by atoms with Crippen molar-refractivity contribution < 1.29 is 38.4 Å². The number of carbonyl (C=O) groups is 2. The topological polar surface area (TPSA) is 115 Å². The third-order valence-electron chi connectivity index (χ3n) is 4.28. The summed E-state index contributed by atoms with van der Waals surface area (Å²) >= 11 is 0. The summed E-state index contributed by atoms with van der Waals surface area (Å²) < 4.78 is 23.1. The highest BCUT2D eigenvalue weighted by Crippen LogP contribution is 2.34. The Morgan fingerprint density at radius 2 is 1.86 bits per heavy atom. The van der Waals surface area contributed by atoms with Gasteiger partial charge in [-0.15, -0.1) is 0 Å².